The van der Waals surface area contributed by atoms with E-state index >= 15 is 0 Å². The van der Waals surface area contributed by atoms with Crippen molar-refractivity contribution in [2.24, 2.45) is 7.05 Å². The number of aromatic nitrogens is 5. The van der Waals surface area contributed by atoms with Crippen LogP contribution in [0.25, 0.3) is 0 Å². The molecule has 0 aliphatic rings. The highest BCUT2D eigenvalue weighted by atomic mass is 32.1. The Labute approximate surface area is 147 Å². The van der Waals surface area contributed by atoms with E-state index in [0.29, 0.717) is 22.1 Å². The Bertz CT molecular complexity index is 843. The molecular formula is C15H17N7O2S. The van der Waals surface area contributed by atoms with Crippen LogP contribution in [0, 0.1) is 0 Å². The van der Waals surface area contributed by atoms with Gasteiger partial charge in [-0.05, 0) is 19.1 Å². The van der Waals surface area contributed by atoms with Gasteiger partial charge in [-0.1, -0.05) is 11.3 Å². The molecule has 3 heterocycles. The average Bonchev–Trinajstić information content (AvgIpc) is 3.25. The van der Waals surface area contributed by atoms with Crippen molar-refractivity contribution in [3.63, 3.8) is 0 Å². The molecule has 0 bridgehead atoms. The predicted molar refractivity (Wildman–Crippen MR) is 93.4 cm³/mol. The zero-order valence-corrected chi connectivity index (χ0v) is 14.5. The van der Waals surface area contributed by atoms with E-state index in [-0.39, 0.29) is 12.5 Å². The van der Waals surface area contributed by atoms with Crippen molar-refractivity contribution in [3.05, 3.63) is 47.4 Å². The number of rotatable bonds is 6. The van der Waals surface area contributed by atoms with Gasteiger partial charge in [0.2, 0.25) is 5.13 Å². The standard InChI is InChI=1S/C15H17N7O2S/c1-15(24,11-6-19-22(2)7-11)8-17-12-4-3-10(5-16-12)13(23)20-14-21-18-9-25-14/h3-7,9,24H,8H2,1-2H3,(H,16,17)(H,20,21,23). The molecular weight excluding hydrogens is 342 g/mol. The molecule has 1 amide bonds. The maximum absolute atomic E-state index is 12.0. The molecule has 0 saturated heterocycles. The predicted octanol–water partition coefficient (Wildman–Crippen LogP) is 1.24. The minimum Gasteiger partial charge on any atom is -0.383 e. The van der Waals surface area contributed by atoms with Crippen LogP contribution >= 0.6 is 11.3 Å². The van der Waals surface area contributed by atoms with Gasteiger partial charge in [0.15, 0.2) is 0 Å². The summed E-state index contributed by atoms with van der Waals surface area (Å²) in [6.45, 7) is 1.95. The quantitative estimate of drug-likeness (QED) is 0.606. The number of hydrogen-bond donors (Lipinski definition) is 3. The molecule has 3 aromatic rings. The Morgan fingerprint density at radius 2 is 2.24 bits per heavy atom. The second-order valence-corrected chi connectivity index (χ2v) is 6.49. The number of nitrogens with zero attached hydrogens (tertiary/aromatic N) is 5. The third-order valence-electron chi connectivity index (χ3n) is 3.55. The van der Waals surface area contributed by atoms with Gasteiger partial charge >= 0.3 is 0 Å². The number of pyridine rings is 1. The van der Waals surface area contributed by atoms with Crippen LogP contribution in [0.5, 0.6) is 0 Å². The number of carbonyl (C=O) groups is 1. The van der Waals surface area contributed by atoms with E-state index in [9.17, 15) is 9.90 Å². The number of aliphatic hydroxyl groups is 1. The summed E-state index contributed by atoms with van der Waals surface area (Å²) in [6.07, 6.45) is 4.84. The van der Waals surface area contributed by atoms with Crippen molar-refractivity contribution in [2.45, 2.75) is 12.5 Å². The second-order valence-electron chi connectivity index (χ2n) is 5.66. The maximum atomic E-state index is 12.0. The Balaban J connectivity index is 1.60. The van der Waals surface area contributed by atoms with E-state index in [1.165, 1.54) is 23.0 Å². The zero-order valence-electron chi connectivity index (χ0n) is 13.7. The fourth-order valence-electron chi connectivity index (χ4n) is 2.09. The minimum atomic E-state index is -1.09. The summed E-state index contributed by atoms with van der Waals surface area (Å²) in [7, 11) is 1.79. The summed E-state index contributed by atoms with van der Waals surface area (Å²) in [4.78, 5) is 16.2. The molecule has 0 saturated carbocycles. The molecule has 130 valence electrons. The molecule has 3 rings (SSSR count). The van der Waals surface area contributed by atoms with Gasteiger partial charge in [0.25, 0.3) is 5.91 Å². The van der Waals surface area contributed by atoms with Gasteiger partial charge in [-0.2, -0.15) is 5.10 Å². The van der Waals surface area contributed by atoms with Crippen molar-refractivity contribution < 1.29 is 9.90 Å². The molecule has 3 N–H and O–H groups in total. The number of aryl methyl sites for hydroxylation is 1. The minimum absolute atomic E-state index is 0.252. The normalized spacial score (nSPS) is 13.2. The van der Waals surface area contributed by atoms with Crippen molar-refractivity contribution in [2.75, 3.05) is 17.2 Å². The van der Waals surface area contributed by atoms with E-state index in [0.717, 1.165) is 0 Å². The van der Waals surface area contributed by atoms with Gasteiger partial charge in [-0.3, -0.25) is 14.8 Å². The Morgan fingerprint density at radius 1 is 1.40 bits per heavy atom. The summed E-state index contributed by atoms with van der Waals surface area (Å²) in [5.41, 5.74) is 1.55. The average molecular weight is 359 g/mol. The lowest BCUT2D eigenvalue weighted by molar-refractivity contribution is 0.0713. The highest BCUT2D eigenvalue weighted by molar-refractivity contribution is 7.13. The highest BCUT2D eigenvalue weighted by Crippen LogP contribution is 2.20. The van der Waals surface area contributed by atoms with Crippen molar-refractivity contribution in [1.82, 2.24) is 25.0 Å². The highest BCUT2D eigenvalue weighted by Gasteiger charge is 2.24. The summed E-state index contributed by atoms with van der Waals surface area (Å²) in [5.74, 6) is 0.245. The van der Waals surface area contributed by atoms with Crippen LogP contribution in [-0.2, 0) is 12.6 Å². The first kappa shape index (κ1) is 17.0. The van der Waals surface area contributed by atoms with Crippen LogP contribution in [0.1, 0.15) is 22.8 Å². The molecule has 0 aliphatic heterocycles. The van der Waals surface area contributed by atoms with E-state index in [1.807, 2.05) is 0 Å². The van der Waals surface area contributed by atoms with Gasteiger partial charge in [0, 0.05) is 31.5 Å². The lowest BCUT2D eigenvalue weighted by Crippen LogP contribution is -2.30. The first-order valence-electron chi connectivity index (χ1n) is 7.43. The molecule has 9 nitrogen and oxygen atoms in total. The van der Waals surface area contributed by atoms with E-state index in [2.05, 4.69) is 30.9 Å². The topological polar surface area (TPSA) is 118 Å². The molecule has 0 aliphatic carbocycles. The molecule has 0 radical (unpaired) electrons. The molecule has 10 heteroatoms. The van der Waals surface area contributed by atoms with E-state index in [1.54, 1.807) is 43.2 Å². The molecule has 25 heavy (non-hydrogen) atoms. The number of hydrogen-bond acceptors (Lipinski definition) is 8. The largest absolute Gasteiger partial charge is 0.383 e. The SMILES string of the molecule is Cn1cc(C(C)(O)CNc2ccc(C(=O)Nc3nncs3)cn2)cn1. The molecule has 1 unspecified atom stereocenters. The van der Waals surface area contributed by atoms with E-state index < -0.39 is 5.60 Å². The number of anilines is 2. The summed E-state index contributed by atoms with van der Waals surface area (Å²) in [6, 6.07) is 3.32. The van der Waals surface area contributed by atoms with Gasteiger partial charge < -0.3 is 10.4 Å². The number of amides is 1. The monoisotopic (exact) mass is 359 g/mol. The van der Waals surface area contributed by atoms with Crippen molar-refractivity contribution in [1.29, 1.82) is 0 Å². The lowest BCUT2D eigenvalue weighted by Gasteiger charge is -2.22. The third-order valence-corrected chi connectivity index (χ3v) is 4.15. The van der Waals surface area contributed by atoms with Gasteiger partial charge in [0.1, 0.15) is 16.9 Å². The van der Waals surface area contributed by atoms with Gasteiger partial charge in [0.05, 0.1) is 11.8 Å². The second kappa shape index (κ2) is 6.95. The van der Waals surface area contributed by atoms with Gasteiger partial charge in [-0.15, -0.1) is 10.2 Å². The molecule has 0 spiro atoms. The van der Waals surface area contributed by atoms with Crippen LogP contribution in [0.15, 0.2) is 36.2 Å². The first-order chi connectivity index (χ1) is 11.9. The number of carbonyl (C=O) groups excluding carboxylic acids is 1. The molecule has 1 atom stereocenters. The van der Waals surface area contributed by atoms with Crippen LogP contribution in [0.2, 0.25) is 0 Å². The smallest absolute Gasteiger partial charge is 0.259 e. The van der Waals surface area contributed by atoms with Crippen LogP contribution < -0.4 is 10.6 Å². The molecule has 3 aromatic heterocycles. The van der Waals surface area contributed by atoms with E-state index in [4.69, 9.17) is 0 Å². The van der Waals surface area contributed by atoms with Crippen LogP contribution in [0.4, 0.5) is 10.9 Å². The summed E-state index contributed by atoms with van der Waals surface area (Å²) < 4.78 is 1.63. The van der Waals surface area contributed by atoms with Crippen molar-refractivity contribution in [3.8, 4) is 0 Å². The molecule has 0 fully saturated rings. The van der Waals surface area contributed by atoms with Crippen molar-refractivity contribution >= 4 is 28.2 Å². The Morgan fingerprint density at radius 3 is 2.84 bits per heavy atom. The fourth-order valence-corrected chi connectivity index (χ4v) is 2.53. The Kier molecular flexibility index (Phi) is 4.72. The lowest BCUT2D eigenvalue weighted by atomic mass is 10.00. The van der Waals surface area contributed by atoms with Gasteiger partial charge in [-0.25, -0.2) is 4.98 Å². The third kappa shape index (κ3) is 4.17. The van der Waals surface area contributed by atoms with Crippen LogP contribution in [-0.4, -0.2) is 42.5 Å². The van der Waals surface area contributed by atoms with Crippen LogP contribution in [0.3, 0.4) is 0 Å². The summed E-state index contributed by atoms with van der Waals surface area (Å²) >= 11 is 1.24. The fraction of sp³-hybridized carbons (Fsp3) is 0.267. The summed E-state index contributed by atoms with van der Waals surface area (Å²) in [5, 5.41) is 28.1. The zero-order chi connectivity index (χ0) is 17.9. The maximum Gasteiger partial charge on any atom is 0.259 e. The Hall–Kier alpha value is -2.85. The number of nitrogens with one attached hydrogen (secondary N) is 2. The molecule has 0 aromatic carbocycles. The first-order valence-corrected chi connectivity index (χ1v) is 8.31.